The highest BCUT2D eigenvalue weighted by molar-refractivity contribution is 7.86. The fourth-order valence-electron chi connectivity index (χ4n) is 1.01. The van der Waals surface area contributed by atoms with Crippen LogP contribution in [-0.2, 0) is 15.0 Å². The van der Waals surface area contributed by atoms with Crippen LogP contribution in [0, 0.1) is 0 Å². The van der Waals surface area contributed by atoms with Gasteiger partial charge in [-0.3, -0.25) is 0 Å². The van der Waals surface area contributed by atoms with Crippen LogP contribution < -0.4 is 0 Å². The Bertz CT molecular complexity index is 230. The quantitative estimate of drug-likeness (QED) is 0.587. The summed E-state index contributed by atoms with van der Waals surface area (Å²) in [5.74, 6) is -1.08. The van der Waals surface area contributed by atoms with Crippen molar-refractivity contribution in [2.75, 3.05) is 19.0 Å². The smallest absolute Gasteiger partial charge is 0.305 e. The molecule has 1 rings (SSSR count). The second-order valence-electron chi connectivity index (χ2n) is 2.64. The molecule has 3 nitrogen and oxygen atoms in total. The zero-order valence-electron chi connectivity index (χ0n) is 5.72. The zero-order chi connectivity index (χ0) is 8.54. The van der Waals surface area contributed by atoms with E-state index in [-0.39, 0.29) is 19.6 Å². The monoisotopic (exact) mass is 186 g/mol. The normalized spacial score (nSPS) is 32.5. The summed E-state index contributed by atoms with van der Waals surface area (Å²) in [4.78, 5) is 0. The molecule has 0 saturated carbocycles. The van der Waals surface area contributed by atoms with E-state index in [1.165, 1.54) is 0 Å². The maximum Gasteiger partial charge on any atom is 0.305 e. The summed E-state index contributed by atoms with van der Waals surface area (Å²) in [6, 6.07) is 0. The second-order valence-corrected chi connectivity index (χ2v) is 4.00. The molecule has 0 aromatic heterocycles. The molecule has 1 aliphatic heterocycles. The number of rotatable bonds is 2. The second kappa shape index (κ2) is 2.67. The van der Waals surface area contributed by atoms with Crippen LogP contribution in [0.25, 0.3) is 0 Å². The Morgan fingerprint density at radius 1 is 1.55 bits per heavy atom. The standard InChI is InChI=1S/C5H8F2O3S/c6-5(1-2-10-3-5)4-11(7,8)9/h1-4H2. The van der Waals surface area contributed by atoms with Crippen LogP contribution in [0.2, 0.25) is 0 Å². The first-order chi connectivity index (χ1) is 4.91. The average molecular weight is 186 g/mol. The first-order valence-corrected chi connectivity index (χ1v) is 4.66. The van der Waals surface area contributed by atoms with Gasteiger partial charge in [-0.15, -0.1) is 3.89 Å². The van der Waals surface area contributed by atoms with Crippen molar-refractivity contribution in [3.63, 3.8) is 0 Å². The fraction of sp³-hybridized carbons (Fsp3) is 1.00. The van der Waals surface area contributed by atoms with Crippen molar-refractivity contribution in [2.24, 2.45) is 0 Å². The van der Waals surface area contributed by atoms with Crippen LogP contribution in [0.3, 0.4) is 0 Å². The summed E-state index contributed by atoms with van der Waals surface area (Å²) >= 11 is 0. The van der Waals surface area contributed by atoms with E-state index in [0.717, 1.165) is 0 Å². The lowest BCUT2D eigenvalue weighted by atomic mass is 10.1. The Morgan fingerprint density at radius 2 is 2.18 bits per heavy atom. The van der Waals surface area contributed by atoms with Crippen LogP contribution in [-0.4, -0.2) is 33.1 Å². The molecular weight excluding hydrogens is 178 g/mol. The summed E-state index contributed by atoms with van der Waals surface area (Å²) in [7, 11) is -4.72. The van der Waals surface area contributed by atoms with E-state index in [1.807, 2.05) is 0 Å². The first-order valence-electron chi connectivity index (χ1n) is 3.10. The van der Waals surface area contributed by atoms with Crippen LogP contribution in [0.15, 0.2) is 0 Å². The number of hydrogen-bond acceptors (Lipinski definition) is 3. The molecule has 0 amide bonds. The summed E-state index contributed by atoms with van der Waals surface area (Å²) in [6.45, 7) is -0.165. The molecule has 1 unspecified atom stereocenters. The van der Waals surface area contributed by atoms with Gasteiger partial charge in [-0.1, -0.05) is 0 Å². The molecule has 1 atom stereocenters. The van der Waals surface area contributed by atoms with Gasteiger partial charge >= 0.3 is 10.2 Å². The first kappa shape index (κ1) is 8.86. The summed E-state index contributed by atoms with van der Waals surface area (Å²) in [5, 5.41) is 0. The molecule has 1 saturated heterocycles. The van der Waals surface area contributed by atoms with Gasteiger partial charge in [0.05, 0.1) is 6.61 Å². The lowest BCUT2D eigenvalue weighted by Crippen LogP contribution is -2.31. The number of ether oxygens (including phenoxy) is 1. The number of alkyl halides is 1. The van der Waals surface area contributed by atoms with Gasteiger partial charge in [-0.25, -0.2) is 4.39 Å². The van der Waals surface area contributed by atoms with Gasteiger partial charge in [0.2, 0.25) is 0 Å². The molecule has 0 N–H and O–H groups in total. The van der Waals surface area contributed by atoms with Crippen molar-refractivity contribution in [1.29, 1.82) is 0 Å². The molecule has 0 spiro atoms. The van der Waals surface area contributed by atoms with Crippen molar-refractivity contribution in [3.05, 3.63) is 0 Å². The van der Waals surface area contributed by atoms with Crippen LogP contribution in [0.1, 0.15) is 6.42 Å². The zero-order valence-corrected chi connectivity index (χ0v) is 6.53. The van der Waals surface area contributed by atoms with Gasteiger partial charge in [-0.2, -0.15) is 8.42 Å². The SMILES string of the molecule is O=S(=O)(F)CC1(F)CCOC1. The minimum atomic E-state index is -4.72. The number of halogens is 2. The molecule has 0 aromatic rings. The van der Waals surface area contributed by atoms with E-state index in [0.29, 0.717) is 0 Å². The van der Waals surface area contributed by atoms with Crippen LogP contribution >= 0.6 is 0 Å². The molecule has 1 heterocycles. The Balaban J connectivity index is 2.60. The maximum absolute atomic E-state index is 13.1. The molecule has 66 valence electrons. The fourth-order valence-corrected chi connectivity index (χ4v) is 1.85. The van der Waals surface area contributed by atoms with Crippen molar-refractivity contribution in [3.8, 4) is 0 Å². The molecule has 0 bridgehead atoms. The minimum Gasteiger partial charge on any atom is -0.378 e. The van der Waals surface area contributed by atoms with E-state index < -0.39 is 21.6 Å². The molecular formula is C5H8F2O3S. The molecule has 6 heteroatoms. The molecule has 1 fully saturated rings. The van der Waals surface area contributed by atoms with Gasteiger partial charge in [-0.05, 0) is 0 Å². The molecule has 0 radical (unpaired) electrons. The highest BCUT2D eigenvalue weighted by atomic mass is 32.3. The Morgan fingerprint density at radius 3 is 2.55 bits per heavy atom. The van der Waals surface area contributed by atoms with Gasteiger partial charge in [0.1, 0.15) is 5.75 Å². The summed E-state index contributed by atoms with van der Waals surface area (Å²) in [5.41, 5.74) is -2.01. The van der Waals surface area contributed by atoms with Gasteiger partial charge in [0, 0.05) is 13.0 Å². The van der Waals surface area contributed by atoms with Crippen molar-refractivity contribution in [2.45, 2.75) is 12.1 Å². The maximum atomic E-state index is 13.1. The minimum absolute atomic E-state index is 0.0455. The van der Waals surface area contributed by atoms with E-state index in [1.54, 1.807) is 0 Å². The van der Waals surface area contributed by atoms with Crippen molar-refractivity contribution in [1.82, 2.24) is 0 Å². The Hall–Kier alpha value is -0.230. The molecule has 0 aromatic carbocycles. The van der Waals surface area contributed by atoms with Gasteiger partial charge in [0.25, 0.3) is 0 Å². The highest BCUT2D eigenvalue weighted by Crippen LogP contribution is 2.25. The lowest BCUT2D eigenvalue weighted by molar-refractivity contribution is 0.127. The third-order valence-corrected chi connectivity index (χ3v) is 2.35. The van der Waals surface area contributed by atoms with Crippen molar-refractivity contribution >= 4 is 10.2 Å². The highest BCUT2D eigenvalue weighted by Gasteiger charge is 2.39. The average Bonchev–Trinajstić information content (AvgIpc) is 2.09. The Labute approximate surface area is 63.6 Å². The predicted molar refractivity (Wildman–Crippen MR) is 34.2 cm³/mol. The largest absolute Gasteiger partial charge is 0.378 e. The van der Waals surface area contributed by atoms with Crippen molar-refractivity contribution < 1.29 is 21.4 Å². The topological polar surface area (TPSA) is 43.4 Å². The van der Waals surface area contributed by atoms with E-state index in [9.17, 15) is 16.7 Å². The third kappa shape index (κ3) is 2.70. The summed E-state index contributed by atoms with van der Waals surface area (Å²) in [6.07, 6.45) is -0.0455. The van der Waals surface area contributed by atoms with Gasteiger partial charge < -0.3 is 4.74 Å². The number of hydrogen-bond donors (Lipinski definition) is 0. The van der Waals surface area contributed by atoms with Crippen LogP contribution in [0.4, 0.5) is 8.28 Å². The van der Waals surface area contributed by atoms with E-state index in [2.05, 4.69) is 4.74 Å². The molecule has 11 heavy (non-hydrogen) atoms. The third-order valence-electron chi connectivity index (χ3n) is 1.49. The summed E-state index contributed by atoms with van der Waals surface area (Å²) < 4.78 is 49.7. The lowest BCUT2D eigenvalue weighted by Gasteiger charge is -2.12. The van der Waals surface area contributed by atoms with E-state index in [4.69, 9.17) is 0 Å². The van der Waals surface area contributed by atoms with Gasteiger partial charge in [0.15, 0.2) is 5.67 Å². The molecule has 0 aliphatic carbocycles. The molecule has 1 aliphatic rings. The Kier molecular flexibility index (Phi) is 2.15. The van der Waals surface area contributed by atoms with E-state index >= 15 is 0 Å². The van der Waals surface area contributed by atoms with Crippen LogP contribution in [0.5, 0.6) is 0 Å². The predicted octanol–water partition coefficient (Wildman–Crippen LogP) is 0.414.